The molecule has 0 aromatic carbocycles. The minimum atomic E-state index is 0.733. The maximum Gasteiger partial charge on any atom is 0.0289 e. The van der Waals surface area contributed by atoms with Gasteiger partial charge in [-0.2, -0.15) is 0 Å². The minimum absolute atomic E-state index is 0.733. The Morgan fingerprint density at radius 2 is 1.85 bits per heavy atom. The molecule has 1 N–H and O–H groups in total. The Labute approximate surface area is 80.7 Å². The highest BCUT2D eigenvalue weighted by Crippen LogP contribution is 2.52. The lowest BCUT2D eigenvalue weighted by Gasteiger charge is -2.35. The SMILES string of the molecule is C1CCN(C2CNCC23CC3)CC1. The van der Waals surface area contributed by atoms with Gasteiger partial charge in [-0.05, 0) is 44.2 Å². The quantitative estimate of drug-likeness (QED) is 0.653. The van der Waals surface area contributed by atoms with Gasteiger partial charge in [0.25, 0.3) is 0 Å². The first-order chi connectivity index (χ1) is 6.41. The lowest BCUT2D eigenvalue weighted by molar-refractivity contribution is 0.134. The van der Waals surface area contributed by atoms with E-state index >= 15 is 0 Å². The van der Waals surface area contributed by atoms with E-state index in [-0.39, 0.29) is 0 Å². The molecule has 3 rings (SSSR count). The highest BCUT2D eigenvalue weighted by atomic mass is 15.2. The van der Waals surface area contributed by atoms with E-state index in [0.29, 0.717) is 0 Å². The third kappa shape index (κ3) is 1.31. The molecule has 74 valence electrons. The monoisotopic (exact) mass is 180 g/mol. The Kier molecular flexibility index (Phi) is 1.88. The number of hydrogen-bond acceptors (Lipinski definition) is 2. The third-order valence-electron chi connectivity index (χ3n) is 4.25. The summed E-state index contributed by atoms with van der Waals surface area (Å²) in [6, 6.07) is 0.896. The fraction of sp³-hybridized carbons (Fsp3) is 1.00. The van der Waals surface area contributed by atoms with Crippen LogP contribution in [0.5, 0.6) is 0 Å². The molecule has 2 aliphatic heterocycles. The van der Waals surface area contributed by atoms with E-state index in [9.17, 15) is 0 Å². The first-order valence-corrected chi connectivity index (χ1v) is 5.86. The zero-order valence-corrected chi connectivity index (χ0v) is 8.39. The van der Waals surface area contributed by atoms with Crippen LogP contribution in [0.15, 0.2) is 0 Å². The molecule has 13 heavy (non-hydrogen) atoms. The predicted molar refractivity (Wildman–Crippen MR) is 53.7 cm³/mol. The van der Waals surface area contributed by atoms with Crippen LogP contribution in [-0.2, 0) is 0 Å². The Morgan fingerprint density at radius 3 is 2.54 bits per heavy atom. The maximum atomic E-state index is 3.58. The van der Waals surface area contributed by atoms with Gasteiger partial charge in [-0.25, -0.2) is 0 Å². The van der Waals surface area contributed by atoms with Crippen LogP contribution >= 0.6 is 0 Å². The summed E-state index contributed by atoms with van der Waals surface area (Å²) in [7, 11) is 0. The molecule has 1 atom stereocenters. The number of nitrogens with zero attached hydrogens (tertiary/aromatic N) is 1. The molecule has 2 heterocycles. The van der Waals surface area contributed by atoms with Crippen molar-refractivity contribution in [3.8, 4) is 0 Å². The first-order valence-electron chi connectivity index (χ1n) is 5.86. The summed E-state index contributed by atoms with van der Waals surface area (Å²) in [4.78, 5) is 2.76. The third-order valence-corrected chi connectivity index (χ3v) is 4.25. The van der Waals surface area contributed by atoms with Crippen molar-refractivity contribution in [3.05, 3.63) is 0 Å². The number of likely N-dealkylation sites (tertiary alicyclic amines) is 1. The molecule has 0 aromatic heterocycles. The van der Waals surface area contributed by atoms with Gasteiger partial charge in [-0.1, -0.05) is 6.42 Å². The van der Waals surface area contributed by atoms with Crippen LogP contribution in [0, 0.1) is 5.41 Å². The van der Waals surface area contributed by atoms with Crippen molar-refractivity contribution in [2.45, 2.75) is 38.1 Å². The van der Waals surface area contributed by atoms with Crippen LogP contribution in [0.25, 0.3) is 0 Å². The molecule has 1 aliphatic carbocycles. The molecular weight excluding hydrogens is 160 g/mol. The van der Waals surface area contributed by atoms with Crippen molar-refractivity contribution in [3.63, 3.8) is 0 Å². The van der Waals surface area contributed by atoms with Crippen LogP contribution in [-0.4, -0.2) is 37.1 Å². The van der Waals surface area contributed by atoms with Gasteiger partial charge in [-0.15, -0.1) is 0 Å². The first kappa shape index (κ1) is 8.25. The molecule has 3 fully saturated rings. The number of piperidine rings is 1. The fourth-order valence-corrected chi connectivity index (χ4v) is 3.21. The smallest absolute Gasteiger partial charge is 0.0289 e. The van der Waals surface area contributed by atoms with Crippen LogP contribution in [0.1, 0.15) is 32.1 Å². The molecule has 0 radical (unpaired) electrons. The molecule has 1 saturated carbocycles. The second-order valence-corrected chi connectivity index (χ2v) is 5.11. The van der Waals surface area contributed by atoms with E-state index in [1.54, 1.807) is 0 Å². The molecule has 3 aliphatic rings. The molecule has 1 unspecified atom stereocenters. The van der Waals surface area contributed by atoms with E-state index in [2.05, 4.69) is 10.2 Å². The van der Waals surface area contributed by atoms with Gasteiger partial charge in [0.2, 0.25) is 0 Å². The van der Waals surface area contributed by atoms with Gasteiger partial charge in [0.1, 0.15) is 0 Å². The van der Waals surface area contributed by atoms with Crippen molar-refractivity contribution in [1.29, 1.82) is 0 Å². The van der Waals surface area contributed by atoms with Gasteiger partial charge in [0.05, 0.1) is 0 Å². The van der Waals surface area contributed by atoms with Crippen molar-refractivity contribution in [2.24, 2.45) is 5.41 Å². The van der Waals surface area contributed by atoms with E-state index in [4.69, 9.17) is 0 Å². The normalized spacial score (nSPS) is 38.3. The highest BCUT2D eigenvalue weighted by Gasteiger charge is 2.53. The lowest BCUT2D eigenvalue weighted by atomic mass is 9.97. The predicted octanol–water partition coefficient (Wildman–Crippen LogP) is 1.22. The largest absolute Gasteiger partial charge is 0.315 e. The Hall–Kier alpha value is -0.0800. The van der Waals surface area contributed by atoms with Crippen molar-refractivity contribution in [2.75, 3.05) is 26.2 Å². The van der Waals surface area contributed by atoms with Gasteiger partial charge in [-0.3, -0.25) is 4.90 Å². The Balaban J connectivity index is 1.69. The number of hydrogen-bond donors (Lipinski definition) is 1. The van der Waals surface area contributed by atoms with Crippen molar-refractivity contribution >= 4 is 0 Å². The van der Waals surface area contributed by atoms with Crippen LogP contribution in [0.4, 0.5) is 0 Å². The molecule has 1 spiro atoms. The summed E-state index contributed by atoms with van der Waals surface area (Å²) >= 11 is 0. The van der Waals surface area contributed by atoms with Gasteiger partial charge >= 0.3 is 0 Å². The van der Waals surface area contributed by atoms with Crippen molar-refractivity contribution < 1.29 is 0 Å². The van der Waals surface area contributed by atoms with Gasteiger partial charge in [0, 0.05) is 19.1 Å². The molecule has 0 aromatic rings. The van der Waals surface area contributed by atoms with Crippen LogP contribution in [0.2, 0.25) is 0 Å². The molecule has 0 amide bonds. The van der Waals surface area contributed by atoms with Gasteiger partial charge in [0.15, 0.2) is 0 Å². The molecule has 2 heteroatoms. The van der Waals surface area contributed by atoms with E-state index < -0.39 is 0 Å². The standard InChI is InChI=1S/C11H20N2/c1-2-6-13(7-3-1)10-8-12-9-11(10)4-5-11/h10,12H,1-9H2. The summed E-state index contributed by atoms with van der Waals surface area (Å²) < 4.78 is 0. The molecule has 0 bridgehead atoms. The van der Waals surface area contributed by atoms with E-state index in [1.165, 1.54) is 58.3 Å². The summed E-state index contributed by atoms with van der Waals surface area (Å²) in [6.07, 6.45) is 7.31. The van der Waals surface area contributed by atoms with E-state index in [1.807, 2.05) is 0 Å². The zero-order chi connectivity index (χ0) is 8.73. The second-order valence-electron chi connectivity index (χ2n) is 5.11. The molecule has 2 saturated heterocycles. The maximum absolute atomic E-state index is 3.58. The highest BCUT2D eigenvalue weighted by molar-refractivity contribution is 5.09. The van der Waals surface area contributed by atoms with Crippen molar-refractivity contribution in [1.82, 2.24) is 10.2 Å². The van der Waals surface area contributed by atoms with E-state index in [0.717, 1.165) is 11.5 Å². The van der Waals surface area contributed by atoms with Crippen LogP contribution in [0.3, 0.4) is 0 Å². The topological polar surface area (TPSA) is 15.3 Å². The molecule has 2 nitrogen and oxygen atoms in total. The summed E-state index contributed by atoms with van der Waals surface area (Å²) in [5.74, 6) is 0. The Bertz CT molecular complexity index is 192. The lowest BCUT2D eigenvalue weighted by Crippen LogP contribution is -2.44. The number of rotatable bonds is 1. The Morgan fingerprint density at radius 1 is 1.08 bits per heavy atom. The number of nitrogens with one attached hydrogen (secondary N) is 1. The zero-order valence-electron chi connectivity index (χ0n) is 8.39. The average molecular weight is 180 g/mol. The second kappa shape index (κ2) is 2.96. The van der Waals surface area contributed by atoms with Crippen LogP contribution < -0.4 is 5.32 Å². The van der Waals surface area contributed by atoms with Gasteiger partial charge < -0.3 is 5.32 Å². The molecular formula is C11H20N2. The fourth-order valence-electron chi connectivity index (χ4n) is 3.21. The summed E-state index contributed by atoms with van der Waals surface area (Å²) in [5.41, 5.74) is 0.733. The minimum Gasteiger partial charge on any atom is -0.315 e. The average Bonchev–Trinajstić information content (AvgIpc) is 2.80. The summed E-state index contributed by atoms with van der Waals surface area (Å²) in [5, 5.41) is 3.58. The summed E-state index contributed by atoms with van der Waals surface area (Å²) in [6.45, 7) is 5.30.